The number of rotatable bonds is 2. The number of fused-ring (bicyclic) bond motifs is 5. The van der Waals surface area contributed by atoms with Crippen LogP contribution in [0.1, 0.15) is 24.1 Å². The third-order valence-corrected chi connectivity index (χ3v) is 5.78. The van der Waals surface area contributed by atoms with Crippen molar-refractivity contribution in [3.05, 3.63) is 65.5 Å². The van der Waals surface area contributed by atoms with Crippen molar-refractivity contribution in [3.63, 3.8) is 0 Å². The number of imide groups is 1. The molecule has 3 aliphatic rings. The van der Waals surface area contributed by atoms with Crippen molar-refractivity contribution in [2.45, 2.75) is 19.0 Å². The molecule has 140 valence electrons. The summed E-state index contributed by atoms with van der Waals surface area (Å²) in [4.78, 5) is 40.0. The standard InChI is InChI=1S/C21H16FN3O3/c1-11(26)18-16-17(19-15-8-3-2-5-12(15)10-23-25(18)19)21(28)24(20(16)27)14-7-4-6-13(22)9-14/h2-10,16-19H,1H3/t16-,17-,18-,19+/m1/s1. The van der Waals surface area contributed by atoms with Gasteiger partial charge in [-0.2, -0.15) is 5.10 Å². The Bertz CT molecular complexity index is 1070. The molecule has 0 N–H and O–H groups in total. The average Bonchev–Trinajstić information content (AvgIpc) is 3.15. The fourth-order valence-corrected chi connectivity index (χ4v) is 4.69. The highest BCUT2D eigenvalue weighted by Crippen LogP contribution is 2.52. The van der Waals surface area contributed by atoms with Crippen LogP contribution in [0.3, 0.4) is 0 Å². The first-order valence-electron chi connectivity index (χ1n) is 9.04. The molecule has 0 saturated carbocycles. The minimum absolute atomic E-state index is 0.186. The highest BCUT2D eigenvalue weighted by atomic mass is 19.1. The second-order valence-electron chi connectivity index (χ2n) is 7.30. The molecule has 5 rings (SSSR count). The second-order valence-corrected chi connectivity index (χ2v) is 7.30. The lowest BCUT2D eigenvalue weighted by Crippen LogP contribution is -2.43. The molecule has 2 aromatic rings. The van der Waals surface area contributed by atoms with Gasteiger partial charge in [0.1, 0.15) is 11.9 Å². The summed E-state index contributed by atoms with van der Waals surface area (Å²) in [5.41, 5.74) is 1.90. The van der Waals surface area contributed by atoms with Gasteiger partial charge in [-0.25, -0.2) is 9.29 Å². The molecule has 0 aromatic heterocycles. The summed E-state index contributed by atoms with van der Waals surface area (Å²) in [7, 11) is 0. The average molecular weight is 377 g/mol. The molecule has 2 aromatic carbocycles. The van der Waals surface area contributed by atoms with Gasteiger partial charge in [0.2, 0.25) is 11.8 Å². The molecule has 0 aliphatic carbocycles. The number of halogens is 1. The van der Waals surface area contributed by atoms with Gasteiger partial charge in [-0.1, -0.05) is 30.3 Å². The summed E-state index contributed by atoms with van der Waals surface area (Å²) in [6.45, 7) is 1.41. The molecular formula is C21H16FN3O3. The molecule has 2 fully saturated rings. The zero-order valence-corrected chi connectivity index (χ0v) is 14.9. The molecule has 0 spiro atoms. The molecule has 2 amide bonds. The van der Waals surface area contributed by atoms with E-state index in [2.05, 4.69) is 5.10 Å². The molecule has 28 heavy (non-hydrogen) atoms. The van der Waals surface area contributed by atoms with Crippen LogP contribution in [0.15, 0.2) is 53.6 Å². The van der Waals surface area contributed by atoms with Crippen LogP contribution in [0.5, 0.6) is 0 Å². The Labute approximate surface area is 160 Å². The van der Waals surface area contributed by atoms with E-state index in [1.807, 2.05) is 24.3 Å². The first-order chi connectivity index (χ1) is 13.5. The molecule has 6 nitrogen and oxygen atoms in total. The van der Waals surface area contributed by atoms with Gasteiger partial charge in [-0.15, -0.1) is 0 Å². The maximum atomic E-state index is 13.7. The topological polar surface area (TPSA) is 70.0 Å². The van der Waals surface area contributed by atoms with E-state index in [0.717, 1.165) is 22.1 Å². The van der Waals surface area contributed by atoms with Gasteiger partial charge in [0.25, 0.3) is 0 Å². The Morgan fingerprint density at radius 3 is 2.54 bits per heavy atom. The molecule has 0 radical (unpaired) electrons. The summed E-state index contributed by atoms with van der Waals surface area (Å²) in [6, 6.07) is 11.6. The zero-order valence-electron chi connectivity index (χ0n) is 14.9. The Kier molecular flexibility index (Phi) is 3.49. The largest absolute Gasteiger partial charge is 0.298 e. The molecule has 0 unspecified atom stereocenters. The minimum Gasteiger partial charge on any atom is -0.298 e. The Morgan fingerprint density at radius 1 is 1.04 bits per heavy atom. The number of hydrazone groups is 1. The first-order valence-corrected chi connectivity index (χ1v) is 9.04. The van der Waals surface area contributed by atoms with Crippen LogP contribution in [-0.4, -0.2) is 34.9 Å². The van der Waals surface area contributed by atoms with Crippen LogP contribution in [0.4, 0.5) is 10.1 Å². The van der Waals surface area contributed by atoms with Crippen molar-refractivity contribution in [1.29, 1.82) is 0 Å². The summed E-state index contributed by atoms with van der Waals surface area (Å²) in [5, 5.41) is 6.00. The van der Waals surface area contributed by atoms with Gasteiger partial charge < -0.3 is 0 Å². The number of anilines is 1. The highest BCUT2D eigenvalue weighted by Gasteiger charge is 2.64. The molecular weight excluding hydrogens is 361 g/mol. The quantitative estimate of drug-likeness (QED) is 0.753. The lowest BCUT2D eigenvalue weighted by Gasteiger charge is -2.33. The lowest BCUT2D eigenvalue weighted by atomic mass is 9.84. The summed E-state index contributed by atoms with van der Waals surface area (Å²) in [6.07, 6.45) is 1.65. The van der Waals surface area contributed by atoms with E-state index < -0.39 is 41.6 Å². The Hall–Kier alpha value is -3.35. The van der Waals surface area contributed by atoms with Crippen LogP contribution in [-0.2, 0) is 14.4 Å². The van der Waals surface area contributed by atoms with Crippen molar-refractivity contribution in [1.82, 2.24) is 5.01 Å². The fourth-order valence-electron chi connectivity index (χ4n) is 4.69. The number of benzene rings is 2. The van der Waals surface area contributed by atoms with Crippen molar-refractivity contribution >= 4 is 29.5 Å². The maximum Gasteiger partial charge on any atom is 0.240 e. The van der Waals surface area contributed by atoms with Crippen molar-refractivity contribution in [2.24, 2.45) is 16.9 Å². The zero-order chi connectivity index (χ0) is 19.6. The van der Waals surface area contributed by atoms with Gasteiger partial charge in [-0.05, 0) is 36.2 Å². The van der Waals surface area contributed by atoms with E-state index in [1.165, 1.54) is 25.1 Å². The molecule has 0 bridgehead atoms. The molecule has 2 saturated heterocycles. The summed E-state index contributed by atoms with van der Waals surface area (Å²) < 4.78 is 13.7. The van der Waals surface area contributed by atoms with Crippen molar-refractivity contribution < 1.29 is 18.8 Å². The van der Waals surface area contributed by atoms with E-state index in [4.69, 9.17) is 0 Å². The van der Waals surface area contributed by atoms with Gasteiger partial charge in [-0.3, -0.25) is 19.4 Å². The fraction of sp³-hybridized carbons (Fsp3) is 0.238. The predicted octanol–water partition coefficient (Wildman–Crippen LogP) is 2.29. The Morgan fingerprint density at radius 2 is 1.79 bits per heavy atom. The van der Waals surface area contributed by atoms with Crippen molar-refractivity contribution in [2.75, 3.05) is 4.90 Å². The monoisotopic (exact) mass is 377 g/mol. The number of hydrogen-bond donors (Lipinski definition) is 0. The smallest absolute Gasteiger partial charge is 0.240 e. The number of hydrogen-bond acceptors (Lipinski definition) is 5. The van der Waals surface area contributed by atoms with Crippen molar-refractivity contribution in [3.8, 4) is 0 Å². The molecule has 4 atom stereocenters. The summed E-state index contributed by atoms with van der Waals surface area (Å²) in [5.74, 6) is -3.26. The predicted molar refractivity (Wildman–Crippen MR) is 99.0 cm³/mol. The Balaban J connectivity index is 1.66. The van der Waals surface area contributed by atoms with Crippen LogP contribution < -0.4 is 4.90 Å². The number of ketones is 1. The SMILES string of the molecule is CC(=O)[C@@H]1[C@@H]2C(=O)N(c3cccc(F)c3)C(=O)[C@H]2[C@@H]2c3ccccc3C=NN12. The van der Waals surface area contributed by atoms with E-state index in [1.54, 1.807) is 11.2 Å². The number of Topliss-reactive ketones (excluding diaryl/α,β-unsaturated/α-hetero) is 1. The lowest BCUT2D eigenvalue weighted by molar-refractivity contribution is -0.129. The number of nitrogens with zero attached hydrogens (tertiary/aromatic N) is 3. The van der Waals surface area contributed by atoms with Gasteiger partial charge in [0, 0.05) is 0 Å². The van der Waals surface area contributed by atoms with E-state index in [0.29, 0.717) is 0 Å². The van der Waals surface area contributed by atoms with Crippen LogP contribution in [0.2, 0.25) is 0 Å². The number of carbonyl (C=O) groups excluding carboxylic acids is 3. The third kappa shape index (κ3) is 2.13. The summed E-state index contributed by atoms with van der Waals surface area (Å²) >= 11 is 0. The van der Waals surface area contributed by atoms with Crippen LogP contribution in [0, 0.1) is 17.7 Å². The maximum absolute atomic E-state index is 13.7. The molecule has 3 aliphatic heterocycles. The minimum atomic E-state index is -0.846. The van der Waals surface area contributed by atoms with E-state index in [9.17, 15) is 18.8 Å². The van der Waals surface area contributed by atoms with Gasteiger partial charge in [0.15, 0.2) is 5.78 Å². The molecule has 7 heteroatoms. The van der Waals surface area contributed by atoms with E-state index >= 15 is 0 Å². The van der Waals surface area contributed by atoms with Crippen LogP contribution in [0.25, 0.3) is 0 Å². The van der Waals surface area contributed by atoms with Gasteiger partial charge >= 0.3 is 0 Å². The second kappa shape index (κ2) is 5.82. The number of carbonyl (C=O) groups is 3. The third-order valence-electron chi connectivity index (χ3n) is 5.78. The van der Waals surface area contributed by atoms with Gasteiger partial charge in [0.05, 0.1) is 29.8 Å². The highest BCUT2D eigenvalue weighted by molar-refractivity contribution is 6.24. The van der Waals surface area contributed by atoms with Crippen LogP contribution >= 0.6 is 0 Å². The first kappa shape index (κ1) is 16.8. The van der Waals surface area contributed by atoms with E-state index in [-0.39, 0.29) is 11.5 Å². The molecule has 3 heterocycles. The normalized spacial score (nSPS) is 27.6. The number of amides is 2.